The van der Waals surface area contributed by atoms with Gasteiger partial charge < -0.3 is 9.47 Å². The predicted octanol–water partition coefficient (Wildman–Crippen LogP) is 2.95. The highest BCUT2D eigenvalue weighted by molar-refractivity contribution is 9.09. The second kappa shape index (κ2) is 5.32. The summed E-state index contributed by atoms with van der Waals surface area (Å²) in [6, 6.07) is 0. The van der Waals surface area contributed by atoms with Crippen LogP contribution in [0.1, 0.15) is 33.1 Å². The Hall–Kier alpha value is 0.400. The van der Waals surface area contributed by atoms with E-state index in [9.17, 15) is 0 Å². The SMILES string of the molecule is CCC1(CC)OCC(CCBr)CO1. The van der Waals surface area contributed by atoms with Gasteiger partial charge in [0.05, 0.1) is 13.2 Å². The average Bonchev–Trinajstić information content (AvgIpc) is 2.20. The van der Waals surface area contributed by atoms with Gasteiger partial charge in [-0.25, -0.2) is 0 Å². The molecule has 0 atom stereocenters. The maximum absolute atomic E-state index is 5.79. The molecule has 0 N–H and O–H groups in total. The first-order chi connectivity index (χ1) is 6.26. The van der Waals surface area contributed by atoms with E-state index >= 15 is 0 Å². The average molecular weight is 251 g/mol. The van der Waals surface area contributed by atoms with E-state index in [1.807, 2.05) is 0 Å². The van der Waals surface area contributed by atoms with E-state index in [0.717, 1.165) is 37.8 Å². The molecule has 0 saturated carbocycles. The van der Waals surface area contributed by atoms with Crippen LogP contribution >= 0.6 is 15.9 Å². The number of halogens is 1. The Morgan fingerprint density at radius 1 is 1.23 bits per heavy atom. The number of rotatable bonds is 4. The van der Waals surface area contributed by atoms with Gasteiger partial charge in [0, 0.05) is 11.2 Å². The van der Waals surface area contributed by atoms with Crippen molar-refractivity contribution in [3.63, 3.8) is 0 Å². The van der Waals surface area contributed by atoms with E-state index in [-0.39, 0.29) is 5.79 Å². The summed E-state index contributed by atoms with van der Waals surface area (Å²) in [4.78, 5) is 0. The van der Waals surface area contributed by atoms with Crippen molar-refractivity contribution >= 4 is 15.9 Å². The van der Waals surface area contributed by atoms with Gasteiger partial charge in [-0.1, -0.05) is 29.8 Å². The molecule has 0 amide bonds. The van der Waals surface area contributed by atoms with Gasteiger partial charge >= 0.3 is 0 Å². The molecule has 0 unspecified atom stereocenters. The molecular weight excluding hydrogens is 232 g/mol. The summed E-state index contributed by atoms with van der Waals surface area (Å²) >= 11 is 3.44. The van der Waals surface area contributed by atoms with Crippen LogP contribution in [0.2, 0.25) is 0 Å². The van der Waals surface area contributed by atoms with E-state index < -0.39 is 0 Å². The molecule has 0 aromatic rings. The fraction of sp³-hybridized carbons (Fsp3) is 1.00. The lowest BCUT2D eigenvalue weighted by molar-refractivity contribution is -0.285. The van der Waals surface area contributed by atoms with E-state index in [1.54, 1.807) is 0 Å². The van der Waals surface area contributed by atoms with Crippen LogP contribution in [0, 0.1) is 5.92 Å². The fourth-order valence-electron chi connectivity index (χ4n) is 1.61. The van der Waals surface area contributed by atoms with Crippen molar-refractivity contribution in [2.75, 3.05) is 18.5 Å². The second-order valence-electron chi connectivity index (χ2n) is 3.58. The lowest BCUT2D eigenvalue weighted by Gasteiger charge is -2.39. The maximum atomic E-state index is 5.79. The fourth-order valence-corrected chi connectivity index (χ4v) is 2.26. The Balaban J connectivity index is 2.36. The van der Waals surface area contributed by atoms with Gasteiger partial charge in [0.15, 0.2) is 5.79 Å². The van der Waals surface area contributed by atoms with Crippen molar-refractivity contribution in [1.29, 1.82) is 0 Å². The first kappa shape index (κ1) is 11.5. The van der Waals surface area contributed by atoms with E-state index in [2.05, 4.69) is 29.8 Å². The number of hydrogen-bond donors (Lipinski definition) is 0. The lowest BCUT2D eigenvalue weighted by atomic mass is 10.0. The van der Waals surface area contributed by atoms with Crippen LogP contribution in [0.5, 0.6) is 0 Å². The highest BCUT2D eigenvalue weighted by Gasteiger charge is 2.33. The van der Waals surface area contributed by atoms with Crippen LogP contribution in [0.25, 0.3) is 0 Å². The summed E-state index contributed by atoms with van der Waals surface area (Å²) in [6.07, 6.45) is 3.04. The zero-order chi connectivity index (χ0) is 9.73. The molecule has 0 radical (unpaired) electrons. The molecule has 13 heavy (non-hydrogen) atoms. The zero-order valence-corrected chi connectivity index (χ0v) is 10.1. The molecule has 3 heteroatoms. The monoisotopic (exact) mass is 250 g/mol. The Bertz CT molecular complexity index is 136. The Kier molecular flexibility index (Phi) is 4.70. The first-order valence-electron chi connectivity index (χ1n) is 5.10. The lowest BCUT2D eigenvalue weighted by Crippen LogP contribution is -2.43. The summed E-state index contributed by atoms with van der Waals surface area (Å²) in [5.74, 6) is 0.300. The van der Waals surface area contributed by atoms with Gasteiger partial charge in [-0.2, -0.15) is 0 Å². The first-order valence-corrected chi connectivity index (χ1v) is 6.22. The molecule has 1 heterocycles. The zero-order valence-electron chi connectivity index (χ0n) is 8.51. The van der Waals surface area contributed by atoms with Crippen LogP contribution in [0.3, 0.4) is 0 Å². The van der Waals surface area contributed by atoms with Crippen molar-refractivity contribution in [1.82, 2.24) is 0 Å². The standard InChI is InChI=1S/C10H19BrO2/c1-3-10(4-2)12-7-9(5-6-11)8-13-10/h9H,3-8H2,1-2H3. The van der Waals surface area contributed by atoms with Crippen molar-refractivity contribution in [3.8, 4) is 0 Å². The summed E-state index contributed by atoms with van der Waals surface area (Å²) in [7, 11) is 0. The molecule has 1 fully saturated rings. The molecule has 1 aliphatic heterocycles. The molecule has 0 bridgehead atoms. The van der Waals surface area contributed by atoms with Crippen LogP contribution < -0.4 is 0 Å². The molecular formula is C10H19BrO2. The molecule has 0 spiro atoms. The third kappa shape index (κ3) is 2.93. The molecule has 0 aliphatic carbocycles. The number of alkyl halides is 1. The molecule has 78 valence electrons. The van der Waals surface area contributed by atoms with E-state index in [1.165, 1.54) is 0 Å². The molecule has 1 saturated heterocycles. The maximum Gasteiger partial charge on any atom is 0.167 e. The quantitative estimate of drug-likeness (QED) is 0.715. The molecule has 1 aliphatic rings. The predicted molar refractivity (Wildman–Crippen MR) is 57.1 cm³/mol. The van der Waals surface area contributed by atoms with Gasteiger partial charge in [-0.3, -0.25) is 0 Å². The van der Waals surface area contributed by atoms with Gasteiger partial charge in [0.1, 0.15) is 0 Å². The van der Waals surface area contributed by atoms with Crippen molar-refractivity contribution in [2.45, 2.75) is 38.9 Å². The molecule has 0 aromatic carbocycles. The van der Waals surface area contributed by atoms with Gasteiger partial charge in [0.2, 0.25) is 0 Å². The minimum atomic E-state index is -0.275. The third-order valence-corrected chi connectivity index (χ3v) is 3.22. The van der Waals surface area contributed by atoms with Crippen LogP contribution in [-0.4, -0.2) is 24.3 Å². The van der Waals surface area contributed by atoms with Crippen molar-refractivity contribution < 1.29 is 9.47 Å². The van der Waals surface area contributed by atoms with Crippen molar-refractivity contribution in [2.24, 2.45) is 5.92 Å². The number of ether oxygens (including phenoxy) is 2. The van der Waals surface area contributed by atoms with Gasteiger partial charge in [-0.15, -0.1) is 0 Å². The van der Waals surface area contributed by atoms with E-state index in [0.29, 0.717) is 5.92 Å². The summed E-state index contributed by atoms with van der Waals surface area (Å²) < 4.78 is 11.6. The van der Waals surface area contributed by atoms with Crippen LogP contribution in [0.4, 0.5) is 0 Å². The minimum absolute atomic E-state index is 0.275. The third-order valence-electron chi connectivity index (χ3n) is 2.76. The highest BCUT2D eigenvalue weighted by Crippen LogP contribution is 2.29. The minimum Gasteiger partial charge on any atom is -0.350 e. The van der Waals surface area contributed by atoms with E-state index in [4.69, 9.17) is 9.47 Å². The molecule has 1 rings (SSSR count). The Morgan fingerprint density at radius 2 is 1.77 bits per heavy atom. The highest BCUT2D eigenvalue weighted by atomic mass is 79.9. The normalized spacial score (nSPS) is 23.3. The molecule has 0 aromatic heterocycles. The van der Waals surface area contributed by atoms with Crippen LogP contribution in [0.15, 0.2) is 0 Å². The molecule has 2 nitrogen and oxygen atoms in total. The largest absolute Gasteiger partial charge is 0.350 e. The van der Waals surface area contributed by atoms with Gasteiger partial charge in [-0.05, 0) is 19.3 Å². The topological polar surface area (TPSA) is 18.5 Å². The second-order valence-corrected chi connectivity index (χ2v) is 4.38. The van der Waals surface area contributed by atoms with Crippen LogP contribution in [-0.2, 0) is 9.47 Å². The Labute approximate surface area is 89.1 Å². The smallest absolute Gasteiger partial charge is 0.167 e. The summed E-state index contributed by atoms with van der Waals surface area (Å²) in [5, 5.41) is 1.04. The van der Waals surface area contributed by atoms with Gasteiger partial charge in [0.25, 0.3) is 0 Å². The number of hydrogen-bond acceptors (Lipinski definition) is 2. The Morgan fingerprint density at radius 3 is 2.15 bits per heavy atom. The summed E-state index contributed by atoms with van der Waals surface area (Å²) in [6.45, 7) is 5.95. The summed E-state index contributed by atoms with van der Waals surface area (Å²) in [5.41, 5.74) is 0. The van der Waals surface area contributed by atoms with Crippen molar-refractivity contribution in [3.05, 3.63) is 0 Å².